The molecule has 0 bridgehead atoms. The lowest BCUT2D eigenvalue weighted by Crippen LogP contribution is -2.34. The molecule has 8 nitrogen and oxygen atoms in total. The molecule has 4 atom stereocenters. The van der Waals surface area contributed by atoms with Gasteiger partial charge < -0.3 is 33.5 Å². The quantitative estimate of drug-likeness (QED) is 0.763. The van der Waals surface area contributed by atoms with Crippen LogP contribution in [0.2, 0.25) is 0 Å². The highest BCUT2D eigenvalue weighted by Gasteiger charge is 2.52. The molecule has 1 aliphatic carbocycles. The molecule has 5 rings (SSSR count). The van der Waals surface area contributed by atoms with Gasteiger partial charge in [-0.15, -0.1) is 0 Å². The topological polar surface area (TPSA) is 92.7 Å². The molecule has 1 N–H and O–H groups in total. The number of rotatable bonds is 4. The Bertz CT molecular complexity index is 991. The maximum atomic E-state index is 12.7. The van der Waals surface area contributed by atoms with Gasteiger partial charge in [-0.1, -0.05) is 0 Å². The van der Waals surface area contributed by atoms with Gasteiger partial charge in [-0.3, -0.25) is 4.79 Å². The SMILES string of the molecule is COc1cc([C@H]2c3cc4c(cc3[C@@H](O)C3COC(=O)[C@@H]32)OCO4)cc(OC)c1OC. The van der Waals surface area contributed by atoms with Crippen LogP contribution < -0.4 is 23.7 Å². The van der Waals surface area contributed by atoms with Crippen LogP contribution in [0.3, 0.4) is 0 Å². The van der Waals surface area contributed by atoms with Crippen molar-refractivity contribution < 1.29 is 38.3 Å². The summed E-state index contributed by atoms with van der Waals surface area (Å²) in [5, 5.41) is 11.0. The van der Waals surface area contributed by atoms with Crippen molar-refractivity contribution in [3.05, 3.63) is 41.0 Å². The predicted octanol–water partition coefficient (Wildman–Crippen LogP) is 2.41. The van der Waals surface area contributed by atoms with Crippen molar-refractivity contribution in [1.82, 2.24) is 0 Å². The molecule has 2 aliphatic heterocycles. The van der Waals surface area contributed by atoms with Gasteiger partial charge in [0.2, 0.25) is 12.5 Å². The van der Waals surface area contributed by atoms with Crippen molar-refractivity contribution in [2.24, 2.45) is 11.8 Å². The van der Waals surface area contributed by atoms with Crippen molar-refractivity contribution in [2.45, 2.75) is 12.0 Å². The first-order chi connectivity index (χ1) is 14.6. The number of carbonyl (C=O) groups is 1. The van der Waals surface area contributed by atoms with Crippen LogP contribution in [0.15, 0.2) is 24.3 Å². The third-order valence-corrected chi connectivity index (χ3v) is 6.19. The largest absolute Gasteiger partial charge is 0.493 e. The lowest BCUT2D eigenvalue weighted by atomic mass is 9.66. The number of benzene rings is 2. The molecular weight excluding hydrogens is 392 g/mol. The number of esters is 1. The van der Waals surface area contributed by atoms with E-state index in [1.165, 1.54) is 7.11 Å². The zero-order valence-electron chi connectivity index (χ0n) is 16.8. The third-order valence-electron chi connectivity index (χ3n) is 6.19. The maximum Gasteiger partial charge on any atom is 0.310 e. The Labute approximate surface area is 173 Å². The zero-order chi connectivity index (χ0) is 21.0. The van der Waals surface area contributed by atoms with E-state index >= 15 is 0 Å². The van der Waals surface area contributed by atoms with Gasteiger partial charge in [0.1, 0.15) is 0 Å². The molecule has 2 aromatic carbocycles. The number of methoxy groups -OCH3 is 3. The summed E-state index contributed by atoms with van der Waals surface area (Å²) < 4.78 is 32.9. The zero-order valence-corrected chi connectivity index (χ0v) is 16.8. The molecule has 0 spiro atoms. The number of aliphatic hydroxyl groups is 1. The third kappa shape index (κ3) is 2.60. The van der Waals surface area contributed by atoms with E-state index in [9.17, 15) is 9.90 Å². The first kappa shape index (κ1) is 18.9. The average Bonchev–Trinajstić information content (AvgIpc) is 3.38. The Kier molecular flexibility index (Phi) is 4.39. The Morgan fingerprint density at radius 1 is 0.900 bits per heavy atom. The molecule has 8 heteroatoms. The summed E-state index contributed by atoms with van der Waals surface area (Å²) >= 11 is 0. The summed E-state index contributed by atoms with van der Waals surface area (Å²) in [7, 11) is 4.63. The van der Waals surface area contributed by atoms with Crippen LogP contribution in [0.25, 0.3) is 0 Å². The second-order valence-corrected chi connectivity index (χ2v) is 7.54. The van der Waals surface area contributed by atoms with Gasteiger partial charge in [-0.2, -0.15) is 0 Å². The molecule has 0 aromatic heterocycles. The van der Waals surface area contributed by atoms with Crippen LogP contribution in [0.1, 0.15) is 28.7 Å². The van der Waals surface area contributed by atoms with E-state index in [0.717, 1.165) is 11.1 Å². The van der Waals surface area contributed by atoms with Crippen LogP contribution in [0.5, 0.6) is 28.7 Å². The van der Waals surface area contributed by atoms with Crippen LogP contribution in [0, 0.1) is 11.8 Å². The second-order valence-electron chi connectivity index (χ2n) is 7.54. The van der Waals surface area contributed by atoms with Gasteiger partial charge in [0.15, 0.2) is 23.0 Å². The summed E-state index contributed by atoms with van der Waals surface area (Å²) in [5.41, 5.74) is 2.30. The molecule has 2 heterocycles. The number of aliphatic hydroxyl groups excluding tert-OH is 1. The number of cyclic esters (lactones) is 1. The second kappa shape index (κ2) is 6.98. The minimum absolute atomic E-state index is 0.123. The number of hydrogen-bond donors (Lipinski definition) is 1. The van der Waals surface area contributed by atoms with E-state index in [-0.39, 0.29) is 31.2 Å². The van der Waals surface area contributed by atoms with Gasteiger partial charge in [-0.05, 0) is 41.0 Å². The number of ether oxygens (including phenoxy) is 6. The molecule has 0 radical (unpaired) electrons. The molecule has 3 aliphatic rings. The van der Waals surface area contributed by atoms with Gasteiger partial charge in [0.25, 0.3) is 0 Å². The highest BCUT2D eigenvalue weighted by molar-refractivity contribution is 5.79. The normalized spacial score (nSPS) is 25.9. The highest BCUT2D eigenvalue weighted by Crippen LogP contribution is 2.55. The minimum Gasteiger partial charge on any atom is -0.493 e. The van der Waals surface area contributed by atoms with E-state index in [1.54, 1.807) is 20.3 Å². The average molecular weight is 414 g/mol. The standard InChI is InChI=1S/C22H22O8/c1-25-16-4-10(5-17(26-2)21(16)27-3)18-11-6-14-15(30-9-29-14)7-12(11)20(23)13-8-28-22(24)19(13)18/h4-7,13,18-20,23H,8-9H2,1-3H3/t13?,18-,19-,20+/m0/s1. The fourth-order valence-corrected chi connectivity index (χ4v) is 4.81. The summed E-state index contributed by atoms with van der Waals surface area (Å²) in [6.45, 7) is 0.289. The Morgan fingerprint density at radius 2 is 1.53 bits per heavy atom. The molecule has 0 amide bonds. The van der Waals surface area contributed by atoms with E-state index in [2.05, 4.69) is 0 Å². The molecule has 2 aromatic rings. The van der Waals surface area contributed by atoms with Gasteiger partial charge >= 0.3 is 5.97 Å². The van der Waals surface area contributed by atoms with Crippen molar-refractivity contribution in [1.29, 1.82) is 0 Å². The van der Waals surface area contributed by atoms with E-state index < -0.39 is 12.0 Å². The molecule has 1 fully saturated rings. The highest BCUT2D eigenvalue weighted by atomic mass is 16.7. The first-order valence-corrected chi connectivity index (χ1v) is 9.65. The van der Waals surface area contributed by atoms with Crippen molar-refractivity contribution in [3.63, 3.8) is 0 Å². The summed E-state index contributed by atoms with van der Waals surface area (Å²) in [6.07, 6.45) is -0.843. The van der Waals surface area contributed by atoms with Crippen molar-refractivity contribution >= 4 is 5.97 Å². The van der Waals surface area contributed by atoms with Crippen LogP contribution >= 0.6 is 0 Å². The molecule has 1 saturated heterocycles. The van der Waals surface area contributed by atoms with Crippen molar-refractivity contribution in [3.8, 4) is 28.7 Å². The number of carbonyl (C=O) groups excluding carboxylic acids is 1. The van der Waals surface area contributed by atoms with Crippen molar-refractivity contribution in [2.75, 3.05) is 34.7 Å². The maximum absolute atomic E-state index is 12.7. The monoisotopic (exact) mass is 414 g/mol. The fourth-order valence-electron chi connectivity index (χ4n) is 4.81. The number of hydrogen-bond acceptors (Lipinski definition) is 8. The Balaban J connectivity index is 1.74. The molecular formula is C22H22O8. The molecule has 1 unspecified atom stereocenters. The van der Waals surface area contributed by atoms with Crippen LogP contribution in [0.4, 0.5) is 0 Å². The van der Waals surface area contributed by atoms with Gasteiger partial charge in [0, 0.05) is 11.8 Å². The number of fused-ring (bicyclic) bond motifs is 3. The van der Waals surface area contributed by atoms with E-state index in [4.69, 9.17) is 28.4 Å². The fraction of sp³-hybridized carbons (Fsp3) is 0.409. The van der Waals surface area contributed by atoms with E-state index in [0.29, 0.717) is 34.3 Å². The first-order valence-electron chi connectivity index (χ1n) is 9.65. The predicted molar refractivity (Wildman–Crippen MR) is 103 cm³/mol. The summed E-state index contributed by atoms with van der Waals surface area (Å²) in [4.78, 5) is 12.7. The van der Waals surface area contributed by atoms with E-state index in [1.807, 2.05) is 18.2 Å². The smallest absolute Gasteiger partial charge is 0.310 e. The van der Waals surface area contributed by atoms with Gasteiger partial charge in [-0.25, -0.2) is 0 Å². The lowest BCUT2D eigenvalue weighted by molar-refractivity contribution is -0.141. The van der Waals surface area contributed by atoms with Crippen LogP contribution in [-0.4, -0.2) is 45.8 Å². The van der Waals surface area contributed by atoms with Gasteiger partial charge in [0.05, 0.1) is 40.0 Å². The van der Waals surface area contributed by atoms with Crippen LogP contribution in [-0.2, 0) is 9.53 Å². The molecule has 0 saturated carbocycles. The molecule has 30 heavy (non-hydrogen) atoms. The minimum atomic E-state index is -0.843. The summed E-state index contributed by atoms with van der Waals surface area (Å²) in [6, 6.07) is 7.31. The molecule has 158 valence electrons. The Morgan fingerprint density at radius 3 is 2.13 bits per heavy atom. The Hall–Kier alpha value is -3.13. The lowest BCUT2D eigenvalue weighted by Gasteiger charge is -2.37. The summed E-state index contributed by atoms with van der Waals surface area (Å²) in [5.74, 6) is 0.989.